The predicted octanol–water partition coefficient (Wildman–Crippen LogP) is 0.301. The molecule has 0 amide bonds. The molecule has 0 atom stereocenters. The van der Waals surface area contributed by atoms with E-state index in [1.54, 1.807) is 30.3 Å². The highest BCUT2D eigenvalue weighted by atomic mass is 32.2. The van der Waals surface area contributed by atoms with Gasteiger partial charge in [-0.2, -0.15) is 4.72 Å². The van der Waals surface area contributed by atoms with Gasteiger partial charge in [-0.1, -0.05) is 30.0 Å². The predicted molar refractivity (Wildman–Crippen MR) is 76.7 cm³/mol. The molecule has 1 heterocycles. The number of benzene rings is 1. The second-order valence-electron chi connectivity index (χ2n) is 4.38. The smallest absolute Gasteiger partial charge is 0.241 e. The summed E-state index contributed by atoms with van der Waals surface area (Å²) in [4.78, 5) is 2.44. The Morgan fingerprint density at radius 1 is 1.15 bits per heavy atom. The summed E-state index contributed by atoms with van der Waals surface area (Å²) in [7, 11) is -3.45. The lowest BCUT2D eigenvalue weighted by Crippen LogP contribution is -2.36. The Kier molecular flexibility index (Phi) is 5.56. The standard InChI is InChI=1S/C14H18N2O3S/c17-20(18,14-6-2-1-3-7-14)15-8-4-5-9-16-10-12-19-13-11-16/h1-3,6-7,15H,8-13H2. The molecular formula is C14H18N2O3S. The Hall–Kier alpha value is -1.39. The fourth-order valence-corrected chi connectivity index (χ4v) is 2.75. The minimum atomic E-state index is -3.45. The first-order chi connectivity index (χ1) is 9.68. The van der Waals surface area contributed by atoms with Gasteiger partial charge in [0.1, 0.15) is 0 Å². The highest BCUT2D eigenvalue weighted by molar-refractivity contribution is 7.89. The lowest BCUT2D eigenvalue weighted by Gasteiger charge is -2.24. The van der Waals surface area contributed by atoms with Gasteiger partial charge < -0.3 is 4.74 Å². The Morgan fingerprint density at radius 3 is 2.55 bits per heavy atom. The first-order valence-electron chi connectivity index (χ1n) is 6.49. The first-order valence-corrected chi connectivity index (χ1v) is 7.97. The lowest BCUT2D eigenvalue weighted by molar-refractivity contribution is 0.0443. The molecule has 1 aliphatic heterocycles. The van der Waals surface area contributed by atoms with Crippen molar-refractivity contribution in [3.05, 3.63) is 30.3 Å². The van der Waals surface area contributed by atoms with Crippen LogP contribution in [0, 0.1) is 11.8 Å². The van der Waals surface area contributed by atoms with Crippen LogP contribution in [-0.2, 0) is 14.8 Å². The molecule has 5 nitrogen and oxygen atoms in total. The quantitative estimate of drug-likeness (QED) is 0.812. The van der Waals surface area contributed by atoms with Crippen LogP contribution < -0.4 is 4.72 Å². The Morgan fingerprint density at radius 2 is 1.85 bits per heavy atom. The van der Waals surface area contributed by atoms with Crippen molar-refractivity contribution in [1.82, 2.24) is 9.62 Å². The van der Waals surface area contributed by atoms with Crippen LogP contribution in [0.2, 0.25) is 0 Å². The molecule has 2 rings (SSSR count). The largest absolute Gasteiger partial charge is 0.379 e. The van der Waals surface area contributed by atoms with Gasteiger partial charge in [0.05, 0.1) is 31.2 Å². The van der Waals surface area contributed by atoms with Crippen molar-refractivity contribution in [1.29, 1.82) is 0 Å². The highest BCUT2D eigenvalue weighted by Crippen LogP contribution is 2.06. The van der Waals surface area contributed by atoms with E-state index < -0.39 is 10.0 Å². The van der Waals surface area contributed by atoms with Crippen LogP contribution in [-0.4, -0.2) is 52.7 Å². The maximum atomic E-state index is 11.9. The maximum Gasteiger partial charge on any atom is 0.241 e. The molecule has 0 spiro atoms. The molecule has 0 aliphatic carbocycles. The maximum absolute atomic E-state index is 11.9. The molecule has 1 N–H and O–H groups in total. The Balaban J connectivity index is 1.78. The van der Waals surface area contributed by atoms with Gasteiger partial charge in [0.2, 0.25) is 10.0 Å². The fourth-order valence-electron chi connectivity index (χ4n) is 1.80. The zero-order valence-electron chi connectivity index (χ0n) is 11.2. The van der Waals surface area contributed by atoms with E-state index in [2.05, 4.69) is 21.5 Å². The fraction of sp³-hybridized carbons (Fsp3) is 0.429. The number of morpholine rings is 1. The summed E-state index contributed by atoms with van der Waals surface area (Å²) in [6, 6.07) is 8.28. The summed E-state index contributed by atoms with van der Waals surface area (Å²) >= 11 is 0. The molecule has 1 saturated heterocycles. The summed E-state index contributed by atoms with van der Waals surface area (Å²) in [5.74, 6) is 5.81. The molecule has 1 fully saturated rings. The minimum Gasteiger partial charge on any atom is -0.379 e. The summed E-state index contributed by atoms with van der Waals surface area (Å²) in [6.45, 7) is 4.01. The average Bonchev–Trinajstić information content (AvgIpc) is 2.49. The molecular weight excluding hydrogens is 276 g/mol. The molecule has 0 unspecified atom stereocenters. The molecule has 0 bridgehead atoms. The normalized spacial score (nSPS) is 16.4. The van der Waals surface area contributed by atoms with Crippen LogP contribution in [0.15, 0.2) is 35.2 Å². The van der Waals surface area contributed by atoms with Crippen molar-refractivity contribution in [3.8, 4) is 11.8 Å². The van der Waals surface area contributed by atoms with Gasteiger partial charge in [0, 0.05) is 13.1 Å². The van der Waals surface area contributed by atoms with E-state index in [9.17, 15) is 8.42 Å². The van der Waals surface area contributed by atoms with Gasteiger partial charge in [0.15, 0.2) is 0 Å². The molecule has 6 heteroatoms. The zero-order valence-corrected chi connectivity index (χ0v) is 12.0. The van der Waals surface area contributed by atoms with Crippen molar-refractivity contribution >= 4 is 10.0 Å². The van der Waals surface area contributed by atoms with E-state index in [4.69, 9.17) is 4.74 Å². The van der Waals surface area contributed by atoms with Crippen LogP contribution in [0.4, 0.5) is 0 Å². The number of nitrogens with zero attached hydrogens (tertiary/aromatic N) is 1. The SMILES string of the molecule is O=S(=O)(NCC#CCN1CCOCC1)c1ccccc1. The summed E-state index contributed by atoms with van der Waals surface area (Å²) < 4.78 is 31.5. The molecule has 1 aliphatic rings. The van der Waals surface area contributed by atoms with E-state index in [0.717, 1.165) is 26.3 Å². The Labute approximate surface area is 120 Å². The van der Waals surface area contributed by atoms with Gasteiger partial charge in [-0.25, -0.2) is 8.42 Å². The van der Waals surface area contributed by atoms with Crippen molar-refractivity contribution in [2.45, 2.75) is 4.90 Å². The monoisotopic (exact) mass is 294 g/mol. The molecule has 0 saturated carbocycles. The molecule has 1 aromatic rings. The van der Waals surface area contributed by atoms with Gasteiger partial charge in [0.25, 0.3) is 0 Å². The lowest BCUT2D eigenvalue weighted by atomic mass is 10.4. The van der Waals surface area contributed by atoms with Gasteiger partial charge in [-0.05, 0) is 12.1 Å². The second kappa shape index (κ2) is 7.41. The molecule has 1 aromatic carbocycles. The summed E-state index contributed by atoms with van der Waals surface area (Å²) in [6.07, 6.45) is 0. The number of ether oxygens (including phenoxy) is 1. The van der Waals surface area contributed by atoms with E-state index in [0.29, 0.717) is 6.54 Å². The number of hydrogen-bond acceptors (Lipinski definition) is 4. The molecule has 20 heavy (non-hydrogen) atoms. The molecule has 108 valence electrons. The van der Waals surface area contributed by atoms with Crippen LogP contribution in [0.25, 0.3) is 0 Å². The molecule has 0 aromatic heterocycles. The third-order valence-corrected chi connectivity index (χ3v) is 4.35. The van der Waals surface area contributed by atoms with E-state index >= 15 is 0 Å². The van der Waals surface area contributed by atoms with Gasteiger partial charge in [-0.15, -0.1) is 0 Å². The first kappa shape index (κ1) is 15.0. The average molecular weight is 294 g/mol. The van der Waals surface area contributed by atoms with Crippen LogP contribution >= 0.6 is 0 Å². The number of rotatable bonds is 4. The van der Waals surface area contributed by atoms with Crippen LogP contribution in [0.3, 0.4) is 0 Å². The topological polar surface area (TPSA) is 58.6 Å². The van der Waals surface area contributed by atoms with Crippen molar-refractivity contribution < 1.29 is 13.2 Å². The number of hydrogen-bond donors (Lipinski definition) is 1. The van der Waals surface area contributed by atoms with Crippen molar-refractivity contribution in [3.63, 3.8) is 0 Å². The van der Waals surface area contributed by atoms with Gasteiger partial charge in [-0.3, -0.25) is 4.90 Å². The summed E-state index contributed by atoms with van der Waals surface area (Å²) in [5.41, 5.74) is 0. The van der Waals surface area contributed by atoms with E-state index in [1.807, 2.05) is 0 Å². The molecule has 0 radical (unpaired) electrons. The third-order valence-electron chi connectivity index (χ3n) is 2.94. The van der Waals surface area contributed by atoms with E-state index in [-0.39, 0.29) is 11.4 Å². The van der Waals surface area contributed by atoms with E-state index in [1.165, 1.54) is 0 Å². The van der Waals surface area contributed by atoms with Crippen molar-refractivity contribution in [2.75, 3.05) is 39.4 Å². The summed E-state index contributed by atoms with van der Waals surface area (Å²) in [5, 5.41) is 0. The number of sulfonamides is 1. The third kappa shape index (κ3) is 4.62. The highest BCUT2D eigenvalue weighted by Gasteiger charge is 2.11. The number of nitrogens with one attached hydrogen (secondary N) is 1. The van der Waals surface area contributed by atoms with Crippen LogP contribution in [0.1, 0.15) is 0 Å². The van der Waals surface area contributed by atoms with Crippen molar-refractivity contribution in [2.24, 2.45) is 0 Å². The van der Waals surface area contributed by atoms with Gasteiger partial charge >= 0.3 is 0 Å². The Bertz CT molecular complexity index is 569. The minimum absolute atomic E-state index is 0.127. The zero-order chi connectivity index (χ0) is 14.3. The second-order valence-corrected chi connectivity index (χ2v) is 6.15. The van der Waals surface area contributed by atoms with Crippen LogP contribution in [0.5, 0.6) is 0 Å².